The predicted molar refractivity (Wildman–Crippen MR) is 106 cm³/mol. The van der Waals surface area contributed by atoms with Crippen LogP contribution in [-0.2, 0) is 14.8 Å². The summed E-state index contributed by atoms with van der Waals surface area (Å²) in [6.07, 6.45) is 0.812. The number of halogens is 2. The lowest BCUT2D eigenvalue weighted by Crippen LogP contribution is -2.43. The van der Waals surface area contributed by atoms with E-state index < -0.39 is 39.2 Å². The van der Waals surface area contributed by atoms with E-state index in [2.05, 4.69) is 5.32 Å². The summed E-state index contributed by atoms with van der Waals surface area (Å²) >= 11 is 0. The Kier molecular flexibility index (Phi) is 6.57. The molecule has 1 aliphatic heterocycles. The van der Waals surface area contributed by atoms with Gasteiger partial charge in [0, 0.05) is 19.2 Å². The standard InChI is InChI=1S/C20H22F2N2O5S/c1-28-14-8-9-17(29-2)18(11-14)30(26,27)24-10-4-5-13(12-24)20(25)23-19-15(21)6-3-7-16(19)22/h3,6-9,11,13H,4-5,10,12H2,1-2H3,(H,23,25)/t13-/m1/s1. The average molecular weight is 440 g/mol. The highest BCUT2D eigenvalue weighted by Crippen LogP contribution is 2.33. The Balaban J connectivity index is 1.83. The van der Waals surface area contributed by atoms with Gasteiger partial charge in [0.25, 0.3) is 0 Å². The molecule has 2 aromatic carbocycles. The number of nitrogens with one attached hydrogen (secondary N) is 1. The Morgan fingerprint density at radius 3 is 2.47 bits per heavy atom. The van der Waals surface area contributed by atoms with Gasteiger partial charge in [0.05, 0.1) is 20.1 Å². The molecule has 1 aliphatic rings. The molecular weight excluding hydrogens is 418 g/mol. The Morgan fingerprint density at radius 1 is 1.13 bits per heavy atom. The molecule has 1 heterocycles. The van der Waals surface area contributed by atoms with Crippen molar-refractivity contribution in [3.8, 4) is 11.5 Å². The van der Waals surface area contributed by atoms with Crippen LogP contribution in [0.5, 0.6) is 11.5 Å². The zero-order chi connectivity index (χ0) is 21.9. The van der Waals surface area contributed by atoms with Gasteiger partial charge in [0.2, 0.25) is 15.9 Å². The molecule has 2 aromatic rings. The molecule has 1 fully saturated rings. The third-order valence-electron chi connectivity index (χ3n) is 4.95. The van der Waals surface area contributed by atoms with Crippen molar-refractivity contribution in [2.24, 2.45) is 5.92 Å². The maximum absolute atomic E-state index is 13.8. The summed E-state index contributed by atoms with van der Waals surface area (Å²) in [5.41, 5.74) is -0.544. The molecule has 3 rings (SSSR count). The molecule has 7 nitrogen and oxygen atoms in total. The molecule has 0 spiro atoms. The van der Waals surface area contributed by atoms with Crippen LogP contribution >= 0.6 is 0 Å². The third-order valence-corrected chi connectivity index (χ3v) is 6.84. The van der Waals surface area contributed by atoms with Crippen molar-refractivity contribution in [2.75, 3.05) is 32.6 Å². The Bertz CT molecular complexity index is 1030. The van der Waals surface area contributed by atoms with Gasteiger partial charge in [0.1, 0.15) is 33.7 Å². The molecule has 0 aliphatic carbocycles. The minimum Gasteiger partial charge on any atom is -0.497 e. The van der Waals surface area contributed by atoms with Crippen LogP contribution in [0.3, 0.4) is 0 Å². The van der Waals surface area contributed by atoms with Gasteiger partial charge in [-0.2, -0.15) is 4.31 Å². The van der Waals surface area contributed by atoms with Gasteiger partial charge in [-0.3, -0.25) is 4.79 Å². The van der Waals surface area contributed by atoms with E-state index >= 15 is 0 Å². The molecule has 0 bridgehead atoms. The molecule has 1 N–H and O–H groups in total. The summed E-state index contributed by atoms with van der Waals surface area (Å²) in [7, 11) is -1.22. The molecule has 0 unspecified atom stereocenters. The largest absolute Gasteiger partial charge is 0.497 e. The second-order valence-electron chi connectivity index (χ2n) is 6.80. The number of methoxy groups -OCH3 is 2. The summed E-state index contributed by atoms with van der Waals surface area (Å²) in [6.45, 7) is 0.0884. The van der Waals surface area contributed by atoms with Crippen molar-refractivity contribution in [1.82, 2.24) is 4.31 Å². The zero-order valence-electron chi connectivity index (χ0n) is 16.5. The number of ether oxygens (including phenoxy) is 2. The van der Waals surface area contributed by atoms with Gasteiger partial charge >= 0.3 is 0 Å². The van der Waals surface area contributed by atoms with Gasteiger partial charge in [-0.05, 0) is 37.1 Å². The topological polar surface area (TPSA) is 84.9 Å². The number of sulfonamides is 1. The average Bonchev–Trinajstić information content (AvgIpc) is 2.75. The Hall–Kier alpha value is -2.72. The van der Waals surface area contributed by atoms with Crippen molar-refractivity contribution < 1.29 is 31.5 Å². The number of carbonyl (C=O) groups excluding carboxylic acids is 1. The first-order chi connectivity index (χ1) is 14.3. The highest BCUT2D eigenvalue weighted by atomic mass is 32.2. The highest BCUT2D eigenvalue weighted by molar-refractivity contribution is 7.89. The van der Waals surface area contributed by atoms with E-state index in [9.17, 15) is 22.0 Å². The minimum absolute atomic E-state index is 0.0782. The van der Waals surface area contributed by atoms with Gasteiger partial charge in [-0.1, -0.05) is 6.07 Å². The van der Waals surface area contributed by atoms with Crippen LogP contribution < -0.4 is 14.8 Å². The maximum Gasteiger partial charge on any atom is 0.246 e. The molecule has 0 saturated carbocycles. The van der Waals surface area contributed by atoms with Crippen molar-refractivity contribution >= 4 is 21.6 Å². The van der Waals surface area contributed by atoms with Crippen LogP contribution in [0.15, 0.2) is 41.3 Å². The van der Waals surface area contributed by atoms with E-state index in [4.69, 9.17) is 9.47 Å². The molecule has 1 atom stereocenters. The van der Waals surface area contributed by atoms with E-state index in [1.807, 2.05) is 0 Å². The smallest absolute Gasteiger partial charge is 0.246 e. The molecule has 30 heavy (non-hydrogen) atoms. The van der Waals surface area contributed by atoms with Gasteiger partial charge in [-0.15, -0.1) is 0 Å². The number of benzene rings is 2. The number of rotatable bonds is 6. The summed E-state index contributed by atoms with van der Waals surface area (Å²) in [6, 6.07) is 7.67. The van der Waals surface area contributed by atoms with Gasteiger partial charge in [0.15, 0.2) is 0 Å². The SMILES string of the molecule is COc1ccc(OC)c(S(=O)(=O)N2CCC[C@@H](C(=O)Nc3c(F)cccc3F)C2)c1. The lowest BCUT2D eigenvalue weighted by molar-refractivity contribution is -0.120. The number of carbonyl (C=O) groups is 1. The molecule has 1 amide bonds. The first-order valence-corrected chi connectivity index (χ1v) is 10.7. The van der Waals surface area contributed by atoms with Crippen molar-refractivity contribution in [3.63, 3.8) is 0 Å². The van der Waals surface area contributed by atoms with E-state index in [1.165, 1.54) is 36.7 Å². The molecule has 0 aromatic heterocycles. The second-order valence-corrected chi connectivity index (χ2v) is 8.71. The number of piperidine rings is 1. The van der Waals surface area contributed by atoms with Crippen molar-refractivity contribution in [3.05, 3.63) is 48.0 Å². The van der Waals surface area contributed by atoms with Gasteiger partial charge in [-0.25, -0.2) is 17.2 Å². The fourth-order valence-corrected chi connectivity index (χ4v) is 5.04. The van der Waals surface area contributed by atoms with Crippen LogP contribution in [0.4, 0.5) is 14.5 Å². The summed E-state index contributed by atoms with van der Waals surface area (Å²) in [4.78, 5) is 12.5. The van der Waals surface area contributed by atoms with E-state index in [0.29, 0.717) is 18.6 Å². The molecular formula is C20H22F2N2O5S. The van der Waals surface area contributed by atoms with Crippen molar-refractivity contribution in [1.29, 1.82) is 0 Å². The maximum atomic E-state index is 13.8. The molecule has 10 heteroatoms. The van der Waals surface area contributed by atoms with Crippen LogP contribution in [-0.4, -0.2) is 45.9 Å². The third kappa shape index (κ3) is 4.39. The lowest BCUT2D eigenvalue weighted by Gasteiger charge is -2.31. The number of nitrogens with zero attached hydrogens (tertiary/aromatic N) is 1. The molecule has 0 radical (unpaired) electrons. The summed E-state index contributed by atoms with van der Waals surface area (Å²) < 4.78 is 65.5. The van der Waals surface area contributed by atoms with Crippen LogP contribution in [0.25, 0.3) is 0 Å². The molecule has 162 valence electrons. The number of hydrogen-bond acceptors (Lipinski definition) is 5. The lowest BCUT2D eigenvalue weighted by atomic mass is 9.98. The summed E-state index contributed by atoms with van der Waals surface area (Å²) in [5, 5.41) is 2.25. The fourth-order valence-electron chi connectivity index (χ4n) is 3.34. The number of para-hydroxylation sites is 1. The monoisotopic (exact) mass is 440 g/mol. The van der Waals surface area contributed by atoms with Crippen LogP contribution in [0, 0.1) is 17.6 Å². The summed E-state index contributed by atoms with van der Waals surface area (Å²) in [5.74, 6) is -2.71. The number of hydrogen-bond donors (Lipinski definition) is 1. The second kappa shape index (κ2) is 8.97. The number of amides is 1. The first kappa shape index (κ1) is 22.0. The Labute approximate surface area is 173 Å². The number of anilines is 1. The zero-order valence-corrected chi connectivity index (χ0v) is 17.3. The quantitative estimate of drug-likeness (QED) is 0.747. The van der Waals surface area contributed by atoms with E-state index in [-0.39, 0.29) is 23.7 Å². The first-order valence-electron chi connectivity index (χ1n) is 9.25. The normalized spacial score (nSPS) is 17.4. The Morgan fingerprint density at radius 2 is 1.83 bits per heavy atom. The van der Waals surface area contributed by atoms with E-state index in [0.717, 1.165) is 12.1 Å². The van der Waals surface area contributed by atoms with Crippen molar-refractivity contribution in [2.45, 2.75) is 17.7 Å². The van der Waals surface area contributed by atoms with Crippen LogP contribution in [0.2, 0.25) is 0 Å². The van der Waals surface area contributed by atoms with E-state index in [1.54, 1.807) is 6.07 Å². The molecule has 1 saturated heterocycles. The highest BCUT2D eigenvalue weighted by Gasteiger charge is 2.35. The predicted octanol–water partition coefficient (Wildman–Crippen LogP) is 3.02. The minimum atomic E-state index is -3.99. The fraction of sp³-hybridized carbons (Fsp3) is 0.350. The van der Waals surface area contributed by atoms with Gasteiger partial charge < -0.3 is 14.8 Å². The van der Waals surface area contributed by atoms with Crippen LogP contribution in [0.1, 0.15) is 12.8 Å².